The number of amides is 1. The zero-order valence-electron chi connectivity index (χ0n) is 12.4. The minimum Gasteiger partial charge on any atom is -0.337 e. The number of carbonyl (C=O) groups excluding carboxylic acids is 1. The number of benzene rings is 1. The minimum absolute atomic E-state index is 0.0499. The van der Waals surface area contributed by atoms with E-state index in [1.165, 1.54) is 6.26 Å². The Morgan fingerprint density at radius 1 is 1.20 bits per heavy atom. The molecule has 1 aromatic carbocycles. The van der Waals surface area contributed by atoms with Crippen LogP contribution in [0.2, 0.25) is 0 Å². The molecule has 5 heteroatoms. The highest BCUT2D eigenvalue weighted by Crippen LogP contribution is 2.23. The molecule has 1 heterocycles. The van der Waals surface area contributed by atoms with Crippen LogP contribution in [-0.4, -0.2) is 43.8 Å². The lowest BCUT2D eigenvalue weighted by atomic mass is 9.99. The summed E-state index contributed by atoms with van der Waals surface area (Å²) in [4.78, 5) is 14.3. The third-order valence-corrected chi connectivity index (χ3v) is 5.52. The van der Waals surface area contributed by atoms with Gasteiger partial charge in [0.05, 0.1) is 5.25 Å². The standard InChI is InChI=1S/C15H21NO3S/c1-10-7-11(2)14(12(3)8-10)15(17)16-6-5-13(9-16)20(4,18)19/h7-8,13H,5-6,9H2,1-4H3. The predicted octanol–water partition coefficient (Wildman–Crippen LogP) is 1.87. The average Bonchev–Trinajstić information content (AvgIpc) is 2.75. The number of carbonyl (C=O) groups is 1. The number of hydrogen-bond acceptors (Lipinski definition) is 3. The first-order valence-electron chi connectivity index (χ1n) is 6.76. The molecule has 0 spiro atoms. The van der Waals surface area contributed by atoms with Gasteiger partial charge in [-0.15, -0.1) is 0 Å². The van der Waals surface area contributed by atoms with Crippen LogP contribution in [-0.2, 0) is 9.84 Å². The molecule has 0 aromatic heterocycles. The molecule has 0 aliphatic carbocycles. The number of sulfone groups is 1. The van der Waals surface area contributed by atoms with E-state index in [-0.39, 0.29) is 5.91 Å². The summed E-state index contributed by atoms with van der Waals surface area (Å²) in [6.45, 7) is 6.69. The lowest BCUT2D eigenvalue weighted by molar-refractivity contribution is 0.0792. The first-order chi connectivity index (χ1) is 9.20. The van der Waals surface area contributed by atoms with Crippen molar-refractivity contribution < 1.29 is 13.2 Å². The van der Waals surface area contributed by atoms with Crippen molar-refractivity contribution in [3.05, 3.63) is 34.4 Å². The van der Waals surface area contributed by atoms with E-state index in [0.29, 0.717) is 25.1 Å². The smallest absolute Gasteiger partial charge is 0.254 e. The molecule has 1 fully saturated rings. The van der Waals surface area contributed by atoms with E-state index in [1.807, 2.05) is 32.9 Å². The Labute approximate surface area is 120 Å². The molecule has 1 unspecified atom stereocenters. The normalized spacial score (nSPS) is 19.4. The largest absolute Gasteiger partial charge is 0.337 e. The summed E-state index contributed by atoms with van der Waals surface area (Å²) in [5.74, 6) is -0.0499. The lowest BCUT2D eigenvalue weighted by Gasteiger charge is -2.19. The van der Waals surface area contributed by atoms with Crippen molar-refractivity contribution in [2.45, 2.75) is 32.4 Å². The average molecular weight is 295 g/mol. The fraction of sp³-hybridized carbons (Fsp3) is 0.533. The highest BCUT2D eigenvalue weighted by molar-refractivity contribution is 7.91. The molecule has 0 saturated carbocycles. The van der Waals surface area contributed by atoms with Gasteiger partial charge >= 0.3 is 0 Å². The van der Waals surface area contributed by atoms with E-state index in [1.54, 1.807) is 4.90 Å². The number of nitrogens with zero attached hydrogens (tertiary/aromatic N) is 1. The number of aryl methyl sites for hydroxylation is 3. The van der Waals surface area contributed by atoms with Gasteiger partial charge in [0.1, 0.15) is 0 Å². The fourth-order valence-electron chi connectivity index (χ4n) is 2.94. The number of likely N-dealkylation sites (tertiary alicyclic amines) is 1. The highest BCUT2D eigenvalue weighted by Gasteiger charge is 2.33. The highest BCUT2D eigenvalue weighted by atomic mass is 32.2. The van der Waals surface area contributed by atoms with Crippen molar-refractivity contribution in [3.63, 3.8) is 0 Å². The summed E-state index contributed by atoms with van der Waals surface area (Å²) >= 11 is 0. The second kappa shape index (κ2) is 5.20. The Kier molecular flexibility index (Phi) is 3.91. The molecule has 0 N–H and O–H groups in total. The van der Waals surface area contributed by atoms with Crippen LogP contribution in [0, 0.1) is 20.8 Å². The van der Waals surface area contributed by atoms with Gasteiger partial charge in [0, 0.05) is 24.9 Å². The van der Waals surface area contributed by atoms with Gasteiger partial charge in [0.25, 0.3) is 5.91 Å². The Bertz CT molecular complexity index is 626. The van der Waals surface area contributed by atoms with Crippen LogP contribution in [0.1, 0.15) is 33.5 Å². The van der Waals surface area contributed by atoms with Crippen LogP contribution in [0.25, 0.3) is 0 Å². The molecule has 110 valence electrons. The van der Waals surface area contributed by atoms with Gasteiger partial charge in [0.2, 0.25) is 0 Å². The van der Waals surface area contributed by atoms with Crippen molar-refractivity contribution in [1.82, 2.24) is 4.90 Å². The molecule has 20 heavy (non-hydrogen) atoms. The van der Waals surface area contributed by atoms with Crippen LogP contribution in [0.3, 0.4) is 0 Å². The predicted molar refractivity (Wildman–Crippen MR) is 79.8 cm³/mol. The van der Waals surface area contributed by atoms with E-state index in [9.17, 15) is 13.2 Å². The van der Waals surface area contributed by atoms with Crippen LogP contribution >= 0.6 is 0 Å². The number of rotatable bonds is 2. The van der Waals surface area contributed by atoms with E-state index in [0.717, 1.165) is 16.7 Å². The summed E-state index contributed by atoms with van der Waals surface area (Å²) < 4.78 is 23.2. The van der Waals surface area contributed by atoms with E-state index in [2.05, 4.69) is 0 Å². The Morgan fingerprint density at radius 3 is 2.20 bits per heavy atom. The summed E-state index contributed by atoms with van der Waals surface area (Å²) in [5, 5.41) is -0.419. The first kappa shape index (κ1) is 15.0. The number of hydrogen-bond donors (Lipinski definition) is 0. The minimum atomic E-state index is -3.07. The zero-order valence-corrected chi connectivity index (χ0v) is 13.3. The van der Waals surface area contributed by atoms with Gasteiger partial charge in [-0.2, -0.15) is 0 Å². The molecule has 0 bridgehead atoms. The third kappa shape index (κ3) is 2.87. The monoisotopic (exact) mass is 295 g/mol. The second-order valence-corrected chi connectivity index (χ2v) is 8.09. The molecule has 1 aliphatic heterocycles. The quantitative estimate of drug-likeness (QED) is 0.837. The fourth-order valence-corrected chi connectivity index (χ4v) is 3.92. The lowest BCUT2D eigenvalue weighted by Crippen LogP contribution is -2.32. The van der Waals surface area contributed by atoms with Crippen LogP contribution < -0.4 is 0 Å². The molecular formula is C15H21NO3S. The maximum Gasteiger partial charge on any atom is 0.254 e. The third-order valence-electron chi connectivity index (χ3n) is 3.93. The van der Waals surface area contributed by atoms with Crippen molar-refractivity contribution in [1.29, 1.82) is 0 Å². The second-order valence-electron chi connectivity index (χ2n) is 5.77. The molecule has 1 atom stereocenters. The first-order valence-corrected chi connectivity index (χ1v) is 8.71. The molecule has 1 saturated heterocycles. The Balaban J connectivity index is 2.26. The molecule has 0 radical (unpaired) electrons. The maximum atomic E-state index is 12.6. The van der Waals surface area contributed by atoms with Crippen molar-refractivity contribution >= 4 is 15.7 Å². The van der Waals surface area contributed by atoms with Gasteiger partial charge in [-0.25, -0.2) is 8.42 Å². The van der Waals surface area contributed by atoms with Gasteiger partial charge in [-0.05, 0) is 38.3 Å². The van der Waals surface area contributed by atoms with Gasteiger partial charge in [-0.3, -0.25) is 4.79 Å². The van der Waals surface area contributed by atoms with E-state index in [4.69, 9.17) is 0 Å². The van der Waals surface area contributed by atoms with Crippen molar-refractivity contribution in [2.75, 3.05) is 19.3 Å². The zero-order chi connectivity index (χ0) is 15.1. The molecule has 1 aromatic rings. The summed E-state index contributed by atoms with van der Waals surface area (Å²) in [5.41, 5.74) is 3.75. The van der Waals surface area contributed by atoms with Crippen LogP contribution in [0.5, 0.6) is 0 Å². The maximum absolute atomic E-state index is 12.6. The Hall–Kier alpha value is -1.36. The summed E-state index contributed by atoms with van der Waals surface area (Å²) in [6, 6.07) is 3.98. The molecule has 4 nitrogen and oxygen atoms in total. The van der Waals surface area contributed by atoms with Gasteiger partial charge < -0.3 is 4.90 Å². The topological polar surface area (TPSA) is 54.5 Å². The SMILES string of the molecule is Cc1cc(C)c(C(=O)N2CCC(S(C)(=O)=O)C2)c(C)c1. The van der Waals surface area contributed by atoms with Crippen LogP contribution in [0.15, 0.2) is 12.1 Å². The van der Waals surface area contributed by atoms with Crippen LogP contribution in [0.4, 0.5) is 0 Å². The summed E-state index contributed by atoms with van der Waals surface area (Å²) in [7, 11) is -3.07. The summed E-state index contributed by atoms with van der Waals surface area (Å²) in [6.07, 6.45) is 1.78. The van der Waals surface area contributed by atoms with Gasteiger partial charge in [0.15, 0.2) is 9.84 Å². The van der Waals surface area contributed by atoms with Gasteiger partial charge in [-0.1, -0.05) is 17.7 Å². The molecular weight excluding hydrogens is 274 g/mol. The van der Waals surface area contributed by atoms with E-state index >= 15 is 0 Å². The molecule has 1 aliphatic rings. The Morgan fingerprint density at radius 2 is 1.75 bits per heavy atom. The van der Waals surface area contributed by atoms with Crippen molar-refractivity contribution in [3.8, 4) is 0 Å². The molecule has 2 rings (SSSR count). The van der Waals surface area contributed by atoms with E-state index < -0.39 is 15.1 Å². The van der Waals surface area contributed by atoms with Crippen molar-refractivity contribution in [2.24, 2.45) is 0 Å². The molecule has 1 amide bonds.